The summed E-state index contributed by atoms with van der Waals surface area (Å²) in [6.07, 6.45) is -7.55. The Hall–Kier alpha value is -0.850. The molecule has 10 heteroatoms. The molecule has 0 aromatic rings. The van der Waals surface area contributed by atoms with Gasteiger partial charge in [0.05, 0.1) is 18.8 Å². The zero-order valence-electron chi connectivity index (χ0n) is 14.4. The van der Waals surface area contributed by atoms with Gasteiger partial charge >= 0.3 is 0 Å². The molecular weight excluding hydrogens is 338 g/mol. The van der Waals surface area contributed by atoms with Gasteiger partial charge in [0.15, 0.2) is 12.6 Å². The van der Waals surface area contributed by atoms with E-state index >= 15 is 0 Å². The highest BCUT2D eigenvalue weighted by Crippen LogP contribution is 2.29. The number of carbonyl (C=O) groups is 1. The van der Waals surface area contributed by atoms with E-state index in [1.54, 1.807) is 6.92 Å². The lowest BCUT2D eigenvalue weighted by atomic mass is 9.96. The largest absolute Gasteiger partial charge is 0.394 e. The Kier molecular flexibility index (Phi) is 7.11. The molecule has 5 N–H and O–H groups in total. The first-order chi connectivity index (χ1) is 11.8. The number of hydrogen-bond acceptors (Lipinski definition) is 9. The second-order valence-corrected chi connectivity index (χ2v) is 6.35. The van der Waals surface area contributed by atoms with Gasteiger partial charge in [-0.1, -0.05) is 0 Å². The highest BCUT2D eigenvalue weighted by atomic mass is 16.7. The molecule has 1 amide bonds. The van der Waals surface area contributed by atoms with Gasteiger partial charge in [0, 0.05) is 20.5 Å². The van der Waals surface area contributed by atoms with Crippen LogP contribution in [0.2, 0.25) is 0 Å². The third kappa shape index (κ3) is 4.66. The molecule has 2 saturated heterocycles. The lowest BCUT2D eigenvalue weighted by molar-refractivity contribution is -0.325. The summed E-state index contributed by atoms with van der Waals surface area (Å²) in [6.45, 7) is 2.38. The number of aliphatic hydroxyl groups excluding tert-OH is 4. The quantitative estimate of drug-likeness (QED) is 0.355. The summed E-state index contributed by atoms with van der Waals surface area (Å²) in [5, 5.41) is 42.2. The molecule has 0 unspecified atom stereocenters. The monoisotopic (exact) mass is 365 g/mol. The fourth-order valence-electron chi connectivity index (χ4n) is 3.05. The van der Waals surface area contributed by atoms with Crippen molar-refractivity contribution in [2.45, 2.75) is 75.5 Å². The van der Waals surface area contributed by atoms with E-state index in [9.17, 15) is 25.2 Å². The Morgan fingerprint density at radius 1 is 1.28 bits per heavy atom. The van der Waals surface area contributed by atoms with Crippen LogP contribution in [-0.2, 0) is 23.7 Å². The van der Waals surface area contributed by atoms with Crippen LogP contribution >= 0.6 is 0 Å². The average Bonchev–Trinajstić information content (AvgIpc) is 2.56. The molecule has 0 spiro atoms. The van der Waals surface area contributed by atoms with E-state index in [1.807, 2.05) is 0 Å². The minimum absolute atomic E-state index is 0.262. The van der Waals surface area contributed by atoms with Crippen molar-refractivity contribution in [3.05, 3.63) is 0 Å². The fourth-order valence-corrected chi connectivity index (χ4v) is 3.05. The van der Waals surface area contributed by atoms with Crippen LogP contribution in [0.15, 0.2) is 0 Å². The summed E-state index contributed by atoms with van der Waals surface area (Å²) in [6, 6.07) is -1.07. The first kappa shape index (κ1) is 20.5. The van der Waals surface area contributed by atoms with Crippen LogP contribution < -0.4 is 5.32 Å². The van der Waals surface area contributed by atoms with Gasteiger partial charge in [-0.3, -0.25) is 4.79 Å². The number of nitrogens with one attached hydrogen (secondary N) is 1. The van der Waals surface area contributed by atoms with Crippen molar-refractivity contribution in [1.82, 2.24) is 5.32 Å². The number of carbonyl (C=O) groups excluding carboxylic acids is 1. The third-order valence-electron chi connectivity index (χ3n) is 4.50. The van der Waals surface area contributed by atoms with Crippen LogP contribution in [0.4, 0.5) is 0 Å². The minimum atomic E-state index is -1.48. The van der Waals surface area contributed by atoms with Gasteiger partial charge in [-0.05, 0) is 6.92 Å². The van der Waals surface area contributed by atoms with E-state index in [1.165, 1.54) is 14.0 Å². The van der Waals surface area contributed by atoms with Crippen LogP contribution in [0.5, 0.6) is 0 Å². The number of ether oxygens (including phenoxy) is 4. The minimum Gasteiger partial charge on any atom is -0.394 e. The summed E-state index contributed by atoms with van der Waals surface area (Å²) in [4.78, 5) is 11.4. The maximum absolute atomic E-state index is 11.4. The fraction of sp³-hybridized carbons (Fsp3) is 0.933. The van der Waals surface area contributed by atoms with Crippen molar-refractivity contribution in [1.29, 1.82) is 0 Å². The molecule has 2 aliphatic rings. The summed E-state index contributed by atoms with van der Waals surface area (Å²) in [5.41, 5.74) is 0. The van der Waals surface area contributed by atoms with Crippen LogP contribution in [0, 0.1) is 0 Å². The molecular formula is C15H27NO9. The summed E-state index contributed by atoms with van der Waals surface area (Å²) in [5.74, 6) is -0.451. The molecule has 0 radical (unpaired) electrons. The molecule has 2 heterocycles. The van der Waals surface area contributed by atoms with E-state index in [-0.39, 0.29) is 6.42 Å². The van der Waals surface area contributed by atoms with E-state index in [0.29, 0.717) is 0 Å². The van der Waals surface area contributed by atoms with Crippen molar-refractivity contribution >= 4 is 5.91 Å². The van der Waals surface area contributed by atoms with Gasteiger partial charge in [0.25, 0.3) is 0 Å². The van der Waals surface area contributed by atoms with Gasteiger partial charge in [-0.15, -0.1) is 0 Å². The van der Waals surface area contributed by atoms with Crippen molar-refractivity contribution in [2.24, 2.45) is 0 Å². The number of aliphatic hydroxyl groups is 4. The highest BCUT2D eigenvalue weighted by Gasteiger charge is 2.48. The molecule has 0 aromatic carbocycles. The molecule has 9 atom stereocenters. The van der Waals surface area contributed by atoms with E-state index in [0.717, 1.165) is 0 Å². The molecule has 10 nitrogen and oxygen atoms in total. The van der Waals surface area contributed by atoms with Gasteiger partial charge in [0.2, 0.25) is 5.91 Å². The Morgan fingerprint density at radius 3 is 2.52 bits per heavy atom. The maximum Gasteiger partial charge on any atom is 0.217 e. The highest BCUT2D eigenvalue weighted by molar-refractivity contribution is 5.73. The first-order valence-corrected chi connectivity index (χ1v) is 8.19. The zero-order chi connectivity index (χ0) is 18.7. The van der Waals surface area contributed by atoms with E-state index in [2.05, 4.69) is 5.32 Å². The number of hydrogen-bond donors (Lipinski definition) is 5. The van der Waals surface area contributed by atoms with Gasteiger partial charge in [0.1, 0.15) is 30.5 Å². The summed E-state index contributed by atoms with van der Waals surface area (Å²) in [7, 11) is 1.43. The van der Waals surface area contributed by atoms with Gasteiger partial charge in [-0.2, -0.15) is 0 Å². The van der Waals surface area contributed by atoms with E-state index < -0.39 is 67.8 Å². The predicted octanol–water partition coefficient (Wildman–Crippen LogP) is -2.54. The van der Waals surface area contributed by atoms with Gasteiger partial charge < -0.3 is 44.7 Å². The first-order valence-electron chi connectivity index (χ1n) is 8.19. The normalized spacial score (nSPS) is 45.2. The van der Waals surface area contributed by atoms with Crippen LogP contribution in [0.25, 0.3) is 0 Å². The summed E-state index contributed by atoms with van der Waals surface area (Å²) < 4.78 is 21.8. The van der Waals surface area contributed by atoms with Crippen LogP contribution in [0.3, 0.4) is 0 Å². The Balaban J connectivity index is 2.19. The predicted molar refractivity (Wildman–Crippen MR) is 82.2 cm³/mol. The molecule has 0 bridgehead atoms. The molecule has 0 saturated carbocycles. The van der Waals surface area contributed by atoms with Crippen molar-refractivity contribution in [3.8, 4) is 0 Å². The number of rotatable bonds is 5. The van der Waals surface area contributed by atoms with Crippen LogP contribution in [0.1, 0.15) is 20.3 Å². The number of amides is 1. The second-order valence-electron chi connectivity index (χ2n) is 6.35. The van der Waals surface area contributed by atoms with Crippen LogP contribution in [-0.4, -0.2) is 95.3 Å². The molecule has 0 aromatic heterocycles. The van der Waals surface area contributed by atoms with Gasteiger partial charge in [-0.25, -0.2) is 0 Å². The van der Waals surface area contributed by atoms with Crippen molar-refractivity contribution in [2.75, 3.05) is 13.7 Å². The Morgan fingerprint density at radius 2 is 1.96 bits per heavy atom. The molecule has 146 valence electrons. The van der Waals surface area contributed by atoms with E-state index in [4.69, 9.17) is 18.9 Å². The standard InChI is InChI=1S/C15H27NO9/c1-6-8(19)4-9(22-3)15(23-6)25-13-11(16-7(2)18)14(21)24-10(5-17)12(13)20/h6,8-15,17,19-21H,4-5H2,1-3H3,(H,16,18)/t6-,8+,9+,10-,11-,12+,13-,14-,15+/m1/s1. The molecule has 0 aliphatic carbocycles. The summed E-state index contributed by atoms with van der Waals surface area (Å²) >= 11 is 0. The molecule has 25 heavy (non-hydrogen) atoms. The molecule has 2 aliphatic heterocycles. The Bertz CT molecular complexity index is 451. The van der Waals surface area contributed by atoms with Crippen molar-refractivity contribution in [3.63, 3.8) is 0 Å². The topological polar surface area (TPSA) is 147 Å². The second kappa shape index (κ2) is 8.69. The number of methoxy groups -OCH3 is 1. The average molecular weight is 365 g/mol. The molecule has 2 rings (SSSR count). The lowest BCUT2D eigenvalue weighted by Crippen LogP contribution is -2.66. The Labute approximate surface area is 145 Å². The smallest absolute Gasteiger partial charge is 0.217 e. The lowest BCUT2D eigenvalue weighted by Gasteiger charge is -2.45. The SMILES string of the molecule is CO[C@H]1C[C@H](O)[C@@H](C)O[C@H]1O[C@H]1[C@@H](O)[C@@H](CO)O[C@@H](O)[C@@H]1NC(C)=O. The maximum atomic E-state index is 11.4. The van der Waals surface area contributed by atoms with Crippen molar-refractivity contribution < 1.29 is 44.2 Å². The third-order valence-corrected chi connectivity index (χ3v) is 4.50. The molecule has 2 fully saturated rings. The zero-order valence-corrected chi connectivity index (χ0v) is 14.4.